The Morgan fingerprint density at radius 2 is 2.15 bits per heavy atom. The molecule has 0 bridgehead atoms. The normalized spacial score (nSPS) is 13.4. The molecule has 0 aliphatic heterocycles. The van der Waals surface area contributed by atoms with E-state index < -0.39 is 27.3 Å². The van der Waals surface area contributed by atoms with Crippen LogP contribution in [0.2, 0.25) is 5.02 Å². The Hall–Kier alpha value is -0.340. The largest absolute Gasteiger partial charge is 0.392 e. The number of aliphatic hydroxyl groups is 1. The van der Waals surface area contributed by atoms with Gasteiger partial charge in [0, 0.05) is 22.4 Å². The van der Waals surface area contributed by atoms with Crippen molar-refractivity contribution in [3.05, 3.63) is 28.5 Å². The third kappa shape index (κ3) is 4.60. The fraction of sp³-hybridized carbons (Fsp3) is 0.500. The summed E-state index contributed by atoms with van der Waals surface area (Å²) in [6.45, 7) is 3.06. The topological polar surface area (TPSA) is 66.4 Å². The molecule has 1 unspecified atom stereocenters. The van der Waals surface area contributed by atoms with Gasteiger partial charge in [0.2, 0.25) is 10.0 Å². The molecule has 114 valence electrons. The second-order valence-electron chi connectivity index (χ2n) is 4.22. The van der Waals surface area contributed by atoms with Gasteiger partial charge in [0.25, 0.3) is 0 Å². The minimum Gasteiger partial charge on any atom is -0.392 e. The number of halogens is 2. The predicted octanol–water partition coefficient (Wildman–Crippen LogP) is 2.39. The van der Waals surface area contributed by atoms with Crippen molar-refractivity contribution in [1.29, 1.82) is 0 Å². The van der Waals surface area contributed by atoms with Crippen molar-refractivity contribution >= 4 is 33.4 Å². The molecule has 0 aliphatic carbocycles. The van der Waals surface area contributed by atoms with Crippen LogP contribution in [0.5, 0.6) is 0 Å². The van der Waals surface area contributed by atoms with Gasteiger partial charge in [-0.25, -0.2) is 17.5 Å². The van der Waals surface area contributed by atoms with Gasteiger partial charge in [-0.3, -0.25) is 0 Å². The highest BCUT2D eigenvalue weighted by molar-refractivity contribution is 7.99. The zero-order valence-corrected chi connectivity index (χ0v) is 13.6. The van der Waals surface area contributed by atoms with E-state index in [9.17, 15) is 12.8 Å². The maximum Gasteiger partial charge on any atom is 0.243 e. The fourth-order valence-corrected chi connectivity index (χ4v) is 4.06. The van der Waals surface area contributed by atoms with Crippen LogP contribution in [0.15, 0.2) is 17.0 Å². The molecule has 4 nitrogen and oxygen atoms in total. The van der Waals surface area contributed by atoms with Crippen LogP contribution in [-0.4, -0.2) is 31.1 Å². The molecule has 0 fully saturated rings. The maximum absolute atomic E-state index is 14.0. The van der Waals surface area contributed by atoms with E-state index in [0.717, 1.165) is 11.8 Å². The average molecular weight is 342 g/mol. The summed E-state index contributed by atoms with van der Waals surface area (Å²) < 4.78 is 40.7. The average Bonchev–Trinajstić information content (AvgIpc) is 2.37. The molecule has 1 rings (SSSR count). The van der Waals surface area contributed by atoms with E-state index in [1.165, 1.54) is 6.07 Å². The lowest BCUT2D eigenvalue weighted by Gasteiger charge is -2.15. The molecule has 0 radical (unpaired) electrons. The summed E-state index contributed by atoms with van der Waals surface area (Å²) in [5, 5.41) is 9.08. The molecule has 0 amide bonds. The van der Waals surface area contributed by atoms with Crippen molar-refractivity contribution in [3.8, 4) is 0 Å². The molecule has 0 aliphatic rings. The van der Waals surface area contributed by atoms with Gasteiger partial charge in [-0.15, -0.1) is 0 Å². The number of hydrogen-bond acceptors (Lipinski definition) is 4. The van der Waals surface area contributed by atoms with Crippen LogP contribution in [0.3, 0.4) is 0 Å². The van der Waals surface area contributed by atoms with Gasteiger partial charge >= 0.3 is 0 Å². The molecule has 20 heavy (non-hydrogen) atoms. The Morgan fingerprint density at radius 3 is 2.70 bits per heavy atom. The SMILES string of the molecule is CCSCC(C)NS(=O)(=O)c1cc(Cl)cc(CO)c1F. The summed E-state index contributed by atoms with van der Waals surface area (Å²) in [6, 6.07) is 1.91. The standard InChI is InChI=1S/C12H17ClFNO3S2/c1-3-19-7-8(2)15-20(17,18)11-5-10(13)4-9(6-16)12(11)14/h4-5,8,15-16H,3,6-7H2,1-2H3. The Labute approximate surface area is 127 Å². The van der Waals surface area contributed by atoms with Gasteiger partial charge < -0.3 is 5.11 Å². The highest BCUT2D eigenvalue weighted by atomic mass is 35.5. The molecular formula is C12H17ClFNO3S2. The lowest BCUT2D eigenvalue weighted by atomic mass is 10.2. The van der Waals surface area contributed by atoms with Crippen LogP contribution >= 0.6 is 23.4 Å². The van der Waals surface area contributed by atoms with Gasteiger partial charge in [-0.05, 0) is 24.8 Å². The molecule has 1 atom stereocenters. The van der Waals surface area contributed by atoms with Gasteiger partial charge in [-0.1, -0.05) is 18.5 Å². The predicted molar refractivity (Wildman–Crippen MR) is 80.1 cm³/mol. The second-order valence-corrected chi connectivity index (χ2v) is 7.65. The van der Waals surface area contributed by atoms with Crippen molar-refractivity contribution in [1.82, 2.24) is 4.72 Å². The monoisotopic (exact) mass is 341 g/mol. The van der Waals surface area contributed by atoms with E-state index in [2.05, 4.69) is 4.72 Å². The lowest BCUT2D eigenvalue weighted by Crippen LogP contribution is -2.35. The first-order chi connectivity index (χ1) is 9.31. The van der Waals surface area contributed by atoms with Gasteiger partial charge in [-0.2, -0.15) is 11.8 Å². The van der Waals surface area contributed by atoms with Crippen LogP contribution in [0, 0.1) is 5.82 Å². The van der Waals surface area contributed by atoms with Crippen LogP contribution < -0.4 is 4.72 Å². The minimum absolute atomic E-state index is 0.0615. The molecule has 0 spiro atoms. The van der Waals surface area contributed by atoms with E-state index in [-0.39, 0.29) is 16.6 Å². The van der Waals surface area contributed by atoms with E-state index in [0.29, 0.717) is 5.75 Å². The van der Waals surface area contributed by atoms with Crippen LogP contribution in [0.1, 0.15) is 19.4 Å². The van der Waals surface area contributed by atoms with E-state index in [4.69, 9.17) is 16.7 Å². The number of nitrogens with one attached hydrogen (secondary N) is 1. The molecule has 1 aromatic rings. The maximum atomic E-state index is 14.0. The van der Waals surface area contributed by atoms with E-state index in [1.54, 1.807) is 18.7 Å². The molecular weight excluding hydrogens is 325 g/mol. The highest BCUT2D eigenvalue weighted by Crippen LogP contribution is 2.24. The zero-order chi connectivity index (χ0) is 15.3. The van der Waals surface area contributed by atoms with Gasteiger partial charge in [0.1, 0.15) is 10.7 Å². The molecule has 2 N–H and O–H groups in total. The Morgan fingerprint density at radius 1 is 1.50 bits per heavy atom. The van der Waals surface area contributed by atoms with Crippen molar-refractivity contribution in [3.63, 3.8) is 0 Å². The number of rotatable bonds is 7. The Bertz CT molecular complexity index is 566. The molecule has 0 saturated carbocycles. The molecule has 0 heterocycles. The summed E-state index contributed by atoms with van der Waals surface area (Å²) in [6.07, 6.45) is 0. The van der Waals surface area contributed by atoms with Crippen molar-refractivity contribution in [2.24, 2.45) is 0 Å². The first-order valence-electron chi connectivity index (χ1n) is 6.00. The number of aliphatic hydroxyl groups excluding tert-OH is 1. The minimum atomic E-state index is -4.01. The molecule has 8 heteroatoms. The first kappa shape index (κ1) is 17.7. The Balaban J connectivity index is 3.06. The summed E-state index contributed by atoms with van der Waals surface area (Å²) in [5.74, 6) is 0.483. The summed E-state index contributed by atoms with van der Waals surface area (Å²) in [4.78, 5) is -0.539. The summed E-state index contributed by atoms with van der Waals surface area (Å²) >= 11 is 7.33. The highest BCUT2D eigenvalue weighted by Gasteiger charge is 2.24. The van der Waals surface area contributed by atoms with Crippen molar-refractivity contribution < 1.29 is 17.9 Å². The summed E-state index contributed by atoms with van der Waals surface area (Å²) in [5.41, 5.74) is -0.145. The molecule has 1 aromatic carbocycles. The van der Waals surface area contributed by atoms with Crippen molar-refractivity contribution in [2.75, 3.05) is 11.5 Å². The fourth-order valence-electron chi connectivity index (χ4n) is 1.59. The number of hydrogen-bond donors (Lipinski definition) is 2. The smallest absolute Gasteiger partial charge is 0.243 e. The Kier molecular flexibility index (Phi) is 6.74. The zero-order valence-electron chi connectivity index (χ0n) is 11.2. The van der Waals surface area contributed by atoms with Gasteiger partial charge in [0.15, 0.2) is 0 Å². The number of sulfonamides is 1. The molecule has 0 aromatic heterocycles. The van der Waals surface area contributed by atoms with Crippen LogP contribution in [0.25, 0.3) is 0 Å². The van der Waals surface area contributed by atoms with Crippen LogP contribution in [0.4, 0.5) is 4.39 Å². The second kappa shape index (κ2) is 7.61. The van der Waals surface area contributed by atoms with E-state index in [1.807, 2.05) is 6.92 Å². The third-order valence-corrected chi connectivity index (χ3v) is 5.42. The first-order valence-corrected chi connectivity index (χ1v) is 9.02. The van der Waals surface area contributed by atoms with Gasteiger partial charge in [0.05, 0.1) is 6.61 Å². The quantitative estimate of drug-likeness (QED) is 0.799. The summed E-state index contributed by atoms with van der Waals surface area (Å²) in [7, 11) is -4.01. The van der Waals surface area contributed by atoms with Crippen LogP contribution in [-0.2, 0) is 16.6 Å². The number of benzene rings is 1. The number of thioether (sulfide) groups is 1. The van der Waals surface area contributed by atoms with Crippen molar-refractivity contribution in [2.45, 2.75) is 31.4 Å². The van der Waals surface area contributed by atoms with E-state index >= 15 is 0 Å². The lowest BCUT2D eigenvalue weighted by molar-refractivity contribution is 0.274. The third-order valence-electron chi connectivity index (χ3n) is 2.47. The molecule has 0 saturated heterocycles.